The van der Waals surface area contributed by atoms with E-state index in [4.69, 9.17) is 0 Å². The molecular formula is C14H16FNO. The lowest BCUT2D eigenvalue weighted by Gasteiger charge is -2.16. The Labute approximate surface area is 101 Å². The number of hydrogen-bond donors (Lipinski definition) is 0. The number of carbonyl (C=O) groups excluding carboxylic acids is 1. The van der Waals surface area contributed by atoms with E-state index in [9.17, 15) is 9.18 Å². The smallest absolute Gasteiger partial charge is 0.246 e. The van der Waals surface area contributed by atoms with Gasteiger partial charge in [-0.1, -0.05) is 18.2 Å². The van der Waals surface area contributed by atoms with Crippen LogP contribution >= 0.6 is 0 Å². The van der Waals surface area contributed by atoms with E-state index in [-0.39, 0.29) is 11.7 Å². The second-order valence-corrected chi connectivity index (χ2v) is 3.55. The molecule has 0 radical (unpaired) electrons. The van der Waals surface area contributed by atoms with Crippen LogP contribution in [0.5, 0.6) is 0 Å². The average Bonchev–Trinajstić information content (AvgIpc) is 2.33. The lowest BCUT2D eigenvalue weighted by Crippen LogP contribution is -2.29. The third kappa shape index (κ3) is 4.23. The largest absolute Gasteiger partial charge is 0.336 e. The molecule has 90 valence electrons. The van der Waals surface area contributed by atoms with Gasteiger partial charge in [0.2, 0.25) is 5.91 Å². The van der Waals surface area contributed by atoms with Gasteiger partial charge in [0.1, 0.15) is 5.82 Å². The van der Waals surface area contributed by atoms with E-state index in [0.29, 0.717) is 18.7 Å². The molecule has 0 unspecified atom stereocenters. The SMILES string of the molecule is C=CCN(CC)C(=O)/C=C/c1cccc(F)c1. The molecule has 1 amide bonds. The molecule has 3 heteroatoms. The Hall–Kier alpha value is -1.90. The van der Waals surface area contributed by atoms with Crippen molar-refractivity contribution in [1.82, 2.24) is 4.90 Å². The Morgan fingerprint density at radius 3 is 2.88 bits per heavy atom. The first kappa shape index (κ1) is 13.2. The highest BCUT2D eigenvalue weighted by atomic mass is 19.1. The number of halogens is 1. The number of amides is 1. The minimum absolute atomic E-state index is 0.100. The summed E-state index contributed by atoms with van der Waals surface area (Å²) in [5.41, 5.74) is 0.674. The van der Waals surface area contributed by atoms with Crippen LogP contribution in [0.15, 0.2) is 43.0 Å². The van der Waals surface area contributed by atoms with Gasteiger partial charge in [-0.3, -0.25) is 4.79 Å². The summed E-state index contributed by atoms with van der Waals surface area (Å²) in [4.78, 5) is 13.4. The maximum atomic E-state index is 12.9. The molecule has 0 fully saturated rings. The fraction of sp³-hybridized carbons (Fsp3) is 0.214. The Morgan fingerprint density at radius 2 is 2.29 bits per heavy atom. The van der Waals surface area contributed by atoms with Gasteiger partial charge in [-0.15, -0.1) is 6.58 Å². The first-order chi connectivity index (χ1) is 8.17. The van der Waals surface area contributed by atoms with E-state index in [0.717, 1.165) is 0 Å². The molecule has 1 rings (SSSR count). The predicted molar refractivity (Wildman–Crippen MR) is 67.9 cm³/mol. The zero-order valence-electron chi connectivity index (χ0n) is 9.90. The van der Waals surface area contributed by atoms with Crippen molar-refractivity contribution in [2.75, 3.05) is 13.1 Å². The lowest BCUT2D eigenvalue weighted by atomic mass is 10.2. The van der Waals surface area contributed by atoms with Crippen LogP contribution in [0.4, 0.5) is 4.39 Å². The van der Waals surface area contributed by atoms with Gasteiger partial charge < -0.3 is 4.90 Å². The third-order valence-corrected chi connectivity index (χ3v) is 2.31. The highest BCUT2D eigenvalue weighted by Gasteiger charge is 2.05. The molecule has 0 aliphatic rings. The number of nitrogens with zero attached hydrogens (tertiary/aromatic N) is 1. The summed E-state index contributed by atoms with van der Waals surface area (Å²) in [6.45, 7) is 6.63. The molecule has 17 heavy (non-hydrogen) atoms. The molecule has 0 bridgehead atoms. The molecule has 1 aromatic rings. The van der Waals surface area contributed by atoms with Gasteiger partial charge in [0.15, 0.2) is 0 Å². The van der Waals surface area contributed by atoms with Crippen molar-refractivity contribution < 1.29 is 9.18 Å². The van der Waals surface area contributed by atoms with Crippen LogP contribution in [-0.4, -0.2) is 23.9 Å². The van der Waals surface area contributed by atoms with E-state index >= 15 is 0 Å². The van der Waals surface area contributed by atoms with Crippen LogP contribution in [0, 0.1) is 5.82 Å². The van der Waals surface area contributed by atoms with Gasteiger partial charge in [0, 0.05) is 19.2 Å². The normalized spacial score (nSPS) is 10.5. The molecular weight excluding hydrogens is 217 g/mol. The molecule has 0 aromatic heterocycles. The van der Waals surface area contributed by atoms with Gasteiger partial charge in [-0.05, 0) is 30.7 Å². The quantitative estimate of drug-likeness (QED) is 0.565. The maximum Gasteiger partial charge on any atom is 0.246 e. The molecule has 0 spiro atoms. The predicted octanol–water partition coefficient (Wildman–Crippen LogP) is 2.87. The van der Waals surface area contributed by atoms with Gasteiger partial charge in [0.05, 0.1) is 0 Å². The Bertz CT molecular complexity index is 426. The Balaban J connectivity index is 2.70. The minimum Gasteiger partial charge on any atom is -0.336 e. The third-order valence-electron chi connectivity index (χ3n) is 2.31. The average molecular weight is 233 g/mol. The van der Waals surface area contributed by atoms with Crippen molar-refractivity contribution >= 4 is 12.0 Å². The zero-order chi connectivity index (χ0) is 12.7. The summed E-state index contributed by atoms with van der Waals surface area (Å²) < 4.78 is 12.9. The minimum atomic E-state index is -0.307. The number of likely N-dealkylation sites (N-methyl/N-ethyl adjacent to an activating group) is 1. The highest BCUT2D eigenvalue weighted by Crippen LogP contribution is 2.05. The van der Waals surface area contributed by atoms with Crippen molar-refractivity contribution in [3.8, 4) is 0 Å². The summed E-state index contributed by atoms with van der Waals surface area (Å²) in [5.74, 6) is -0.408. The molecule has 0 atom stereocenters. The van der Waals surface area contributed by atoms with Crippen LogP contribution < -0.4 is 0 Å². The van der Waals surface area contributed by atoms with E-state index in [1.807, 2.05) is 6.92 Å². The molecule has 0 heterocycles. The van der Waals surface area contributed by atoms with Crippen molar-refractivity contribution in [2.45, 2.75) is 6.92 Å². The summed E-state index contributed by atoms with van der Waals surface area (Å²) in [7, 11) is 0. The van der Waals surface area contributed by atoms with E-state index in [1.54, 1.807) is 29.2 Å². The van der Waals surface area contributed by atoms with Crippen LogP contribution in [0.1, 0.15) is 12.5 Å². The van der Waals surface area contributed by atoms with E-state index < -0.39 is 0 Å². The maximum absolute atomic E-state index is 12.9. The van der Waals surface area contributed by atoms with Gasteiger partial charge in [-0.2, -0.15) is 0 Å². The molecule has 0 N–H and O–H groups in total. The molecule has 2 nitrogen and oxygen atoms in total. The molecule has 1 aromatic carbocycles. The molecule has 0 aliphatic heterocycles. The van der Waals surface area contributed by atoms with E-state index in [1.165, 1.54) is 18.2 Å². The summed E-state index contributed by atoms with van der Waals surface area (Å²) in [6, 6.07) is 6.11. The van der Waals surface area contributed by atoms with Crippen LogP contribution in [0.3, 0.4) is 0 Å². The van der Waals surface area contributed by atoms with Crippen molar-refractivity contribution in [3.05, 3.63) is 54.4 Å². The number of hydrogen-bond acceptors (Lipinski definition) is 1. The Kier molecular flexibility index (Phi) is 5.14. The lowest BCUT2D eigenvalue weighted by molar-refractivity contribution is -0.125. The second-order valence-electron chi connectivity index (χ2n) is 3.55. The number of carbonyl (C=O) groups is 1. The van der Waals surface area contributed by atoms with Crippen molar-refractivity contribution in [3.63, 3.8) is 0 Å². The van der Waals surface area contributed by atoms with Crippen LogP contribution in [0.2, 0.25) is 0 Å². The molecule has 0 aliphatic carbocycles. The first-order valence-corrected chi connectivity index (χ1v) is 5.50. The fourth-order valence-corrected chi connectivity index (χ4v) is 1.41. The van der Waals surface area contributed by atoms with E-state index in [2.05, 4.69) is 6.58 Å². The van der Waals surface area contributed by atoms with Crippen LogP contribution in [-0.2, 0) is 4.79 Å². The molecule has 0 saturated heterocycles. The number of benzene rings is 1. The van der Waals surface area contributed by atoms with Crippen molar-refractivity contribution in [2.24, 2.45) is 0 Å². The topological polar surface area (TPSA) is 20.3 Å². The standard InChI is InChI=1S/C14H16FNO/c1-3-10-16(4-2)14(17)9-8-12-6-5-7-13(15)11-12/h3,5-9,11H,1,4,10H2,2H3/b9-8+. The fourth-order valence-electron chi connectivity index (χ4n) is 1.41. The monoisotopic (exact) mass is 233 g/mol. The van der Waals surface area contributed by atoms with Gasteiger partial charge >= 0.3 is 0 Å². The van der Waals surface area contributed by atoms with Crippen molar-refractivity contribution in [1.29, 1.82) is 0 Å². The van der Waals surface area contributed by atoms with Gasteiger partial charge in [-0.25, -0.2) is 4.39 Å². The number of rotatable bonds is 5. The first-order valence-electron chi connectivity index (χ1n) is 5.50. The zero-order valence-corrected chi connectivity index (χ0v) is 9.90. The summed E-state index contributed by atoms with van der Waals surface area (Å²) in [5, 5.41) is 0. The Morgan fingerprint density at radius 1 is 1.53 bits per heavy atom. The summed E-state index contributed by atoms with van der Waals surface area (Å²) in [6.07, 6.45) is 4.73. The summed E-state index contributed by atoms with van der Waals surface area (Å²) >= 11 is 0. The van der Waals surface area contributed by atoms with Crippen LogP contribution in [0.25, 0.3) is 6.08 Å². The van der Waals surface area contributed by atoms with Gasteiger partial charge in [0.25, 0.3) is 0 Å². The molecule has 0 saturated carbocycles. The highest BCUT2D eigenvalue weighted by molar-refractivity contribution is 5.91. The second kappa shape index (κ2) is 6.63.